The summed E-state index contributed by atoms with van der Waals surface area (Å²) in [5.41, 5.74) is 0. The smallest absolute Gasteiger partial charge is 0.477 e. The SMILES string of the molecule is C[N+](C)(C)CC(=O)O.[Al+3].[Sr+2]. The second kappa shape index (κ2) is 7.11. The monoisotopic (exact) mass is 233 g/mol. The molecule has 0 aliphatic carbocycles. The van der Waals surface area contributed by atoms with E-state index in [0.29, 0.717) is 4.48 Å². The molecule has 0 bridgehead atoms. The molecule has 10 heavy (non-hydrogen) atoms. The van der Waals surface area contributed by atoms with Gasteiger partial charge in [-0.15, -0.1) is 0 Å². The van der Waals surface area contributed by atoms with Gasteiger partial charge in [-0.05, 0) is 0 Å². The van der Waals surface area contributed by atoms with Crippen molar-refractivity contribution in [3.05, 3.63) is 0 Å². The van der Waals surface area contributed by atoms with E-state index >= 15 is 0 Å². The molecule has 0 spiro atoms. The van der Waals surface area contributed by atoms with Gasteiger partial charge in [0.05, 0.1) is 21.1 Å². The molecule has 0 heterocycles. The fraction of sp³-hybridized carbons (Fsp3) is 0.800. The van der Waals surface area contributed by atoms with E-state index in [1.54, 1.807) is 0 Å². The first-order valence-electron chi connectivity index (χ1n) is 2.44. The number of likely N-dealkylation sites (N-methyl/N-ethyl adjacent to an activating group) is 1. The molecular formula is C5H12AlNO2Sr+6. The molecule has 0 aliphatic rings. The fourth-order valence-corrected chi connectivity index (χ4v) is 0.406. The number of hydrogen-bond donors (Lipinski definition) is 1. The Morgan fingerprint density at radius 2 is 1.70 bits per heavy atom. The number of quaternary nitrogens is 1. The van der Waals surface area contributed by atoms with Crippen molar-refractivity contribution in [3.8, 4) is 0 Å². The van der Waals surface area contributed by atoms with E-state index in [1.165, 1.54) is 0 Å². The van der Waals surface area contributed by atoms with Gasteiger partial charge in [-0.2, -0.15) is 0 Å². The molecule has 48 valence electrons. The summed E-state index contributed by atoms with van der Waals surface area (Å²) in [6.45, 7) is 0.181. The van der Waals surface area contributed by atoms with Gasteiger partial charge in [0.25, 0.3) is 0 Å². The number of nitrogens with zero attached hydrogens (tertiary/aromatic N) is 1. The largest absolute Gasteiger partial charge is 3.00 e. The van der Waals surface area contributed by atoms with Crippen LogP contribution >= 0.6 is 0 Å². The summed E-state index contributed by atoms with van der Waals surface area (Å²) in [5, 5.41) is 8.23. The molecular weight excluding hydrogens is 221 g/mol. The molecule has 0 aliphatic heterocycles. The minimum Gasteiger partial charge on any atom is -0.477 e. The van der Waals surface area contributed by atoms with Crippen LogP contribution in [-0.4, -0.2) is 106 Å². The van der Waals surface area contributed by atoms with Crippen LogP contribution in [0.2, 0.25) is 0 Å². The summed E-state index contributed by atoms with van der Waals surface area (Å²) in [6, 6.07) is 0. The molecule has 0 unspecified atom stereocenters. The second-order valence-electron chi connectivity index (χ2n) is 2.84. The standard InChI is InChI=1S/C5H11NO2.Al.Sr/c1-6(2,3)4-5(7)8;;/h4H2,1-3H3;;/q;+3;+2/p+1. The molecule has 0 aromatic rings. The molecule has 0 atom stereocenters. The van der Waals surface area contributed by atoms with E-state index in [4.69, 9.17) is 5.11 Å². The van der Waals surface area contributed by atoms with E-state index < -0.39 is 5.97 Å². The quantitative estimate of drug-likeness (QED) is 0.491. The molecule has 5 heteroatoms. The van der Waals surface area contributed by atoms with Crippen LogP contribution in [-0.2, 0) is 4.79 Å². The maximum absolute atomic E-state index is 10.00. The van der Waals surface area contributed by atoms with Crippen LogP contribution in [0.5, 0.6) is 0 Å². The van der Waals surface area contributed by atoms with Gasteiger partial charge in [-0.3, -0.25) is 0 Å². The number of carboxylic acid groups (broad SMARTS) is 1. The molecule has 0 amide bonds. The summed E-state index contributed by atoms with van der Waals surface area (Å²) in [5.74, 6) is -0.752. The zero-order valence-electron chi connectivity index (χ0n) is 6.79. The summed E-state index contributed by atoms with van der Waals surface area (Å²) >= 11 is 0. The Labute approximate surface area is 109 Å². The molecule has 0 aromatic carbocycles. The Morgan fingerprint density at radius 1 is 1.40 bits per heavy atom. The molecule has 0 rings (SSSR count). The average molecular weight is 233 g/mol. The number of carboxylic acids is 1. The topological polar surface area (TPSA) is 37.3 Å². The van der Waals surface area contributed by atoms with Gasteiger partial charge in [-0.25, -0.2) is 4.79 Å². The molecule has 0 saturated heterocycles. The molecule has 0 radical (unpaired) electrons. The first-order chi connectivity index (χ1) is 3.42. The molecule has 0 fully saturated rings. The van der Waals surface area contributed by atoms with Crippen LogP contribution in [0.3, 0.4) is 0 Å². The predicted octanol–water partition coefficient (Wildman–Crippen LogP) is -0.984. The Bertz CT molecular complexity index is 102. The first-order valence-corrected chi connectivity index (χ1v) is 2.44. The maximum atomic E-state index is 10.00. The maximum Gasteiger partial charge on any atom is 3.00 e. The van der Waals surface area contributed by atoms with Crippen molar-refractivity contribution >= 4 is 68.8 Å². The minimum atomic E-state index is -0.752. The number of rotatable bonds is 2. The van der Waals surface area contributed by atoms with Crippen molar-refractivity contribution in [3.63, 3.8) is 0 Å². The Balaban J connectivity index is -0.000000245. The van der Waals surface area contributed by atoms with E-state index in [9.17, 15) is 4.79 Å². The zero-order valence-corrected chi connectivity index (χ0v) is 11.4. The Morgan fingerprint density at radius 3 is 1.70 bits per heavy atom. The Kier molecular flexibility index (Phi) is 12.4. The fourth-order valence-electron chi connectivity index (χ4n) is 0.406. The van der Waals surface area contributed by atoms with Crippen molar-refractivity contribution < 1.29 is 14.4 Å². The van der Waals surface area contributed by atoms with Crippen LogP contribution in [0, 0.1) is 0 Å². The van der Waals surface area contributed by atoms with Crippen LogP contribution in [0.1, 0.15) is 0 Å². The summed E-state index contributed by atoms with van der Waals surface area (Å²) in [4.78, 5) is 10.00. The zero-order chi connectivity index (χ0) is 6.78. The molecule has 0 saturated carbocycles. The predicted molar refractivity (Wildman–Crippen MR) is 42.0 cm³/mol. The van der Waals surface area contributed by atoms with Crippen LogP contribution in [0.4, 0.5) is 0 Å². The number of aliphatic carboxylic acids is 1. The minimum absolute atomic E-state index is 0. The van der Waals surface area contributed by atoms with Crippen LogP contribution in [0.15, 0.2) is 0 Å². The number of carbonyl (C=O) groups is 1. The summed E-state index contributed by atoms with van der Waals surface area (Å²) in [6.07, 6.45) is 0. The van der Waals surface area contributed by atoms with Gasteiger partial charge in [0, 0.05) is 0 Å². The van der Waals surface area contributed by atoms with Crippen molar-refractivity contribution in [2.24, 2.45) is 0 Å². The summed E-state index contributed by atoms with van der Waals surface area (Å²) in [7, 11) is 5.52. The van der Waals surface area contributed by atoms with Crippen LogP contribution < -0.4 is 0 Å². The first kappa shape index (κ1) is 17.5. The third-order valence-electron chi connectivity index (χ3n) is 0.610. The van der Waals surface area contributed by atoms with Gasteiger partial charge >= 0.3 is 68.8 Å². The van der Waals surface area contributed by atoms with Crippen molar-refractivity contribution in [2.75, 3.05) is 27.7 Å². The van der Waals surface area contributed by atoms with Crippen LogP contribution in [0.25, 0.3) is 0 Å². The van der Waals surface area contributed by atoms with Gasteiger partial charge in [-0.1, -0.05) is 0 Å². The van der Waals surface area contributed by atoms with Gasteiger partial charge < -0.3 is 9.59 Å². The summed E-state index contributed by atoms with van der Waals surface area (Å²) < 4.78 is 0.481. The number of hydrogen-bond acceptors (Lipinski definition) is 1. The van der Waals surface area contributed by atoms with E-state index in [0.717, 1.165) is 0 Å². The average Bonchev–Trinajstić information content (AvgIpc) is 1.21. The van der Waals surface area contributed by atoms with Crippen molar-refractivity contribution in [2.45, 2.75) is 0 Å². The normalized spacial score (nSPS) is 9.10. The van der Waals surface area contributed by atoms with Gasteiger partial charge in [0.15, 0.2) is 6.54 Å². The van der Waals surface area contributed by atoms with E-state index in [-0.39, 0.29) is 69.4 Å². The van der Waals surface area contributed by atoms with E-state index in [1.807, 2.05) is 21.1 Å². The third-order valence-corrected chi connectivity index (χ3v) is 0.610. The van der Waals surface area contributed by atoms with Gasteiger partial charge in [0.1, 0.15) is 0 Å². The van der Waals surface area contributed by atoms with E-state index in [2.05, 4.69) is 0 Å². The molecule has 0 aromatic heterocycles. The Hall–Kier alpha value is 1.44. The second-order valence-corrected chi connectivity index (χ2v) is 2.84. The van der Waals surface area contributed by atoms with Gasteiger partial charge in [0.2, 0.25) is 0 Å². The molecule has 3 nitrogen and oxygen atoms in total. The third kappa shape index (κ3) is 16.2. The van der Waals surface area contributed by atoms with Crippen molar-refractivity contribution in [1.29, 1.82) is 0 Å². The molecule has 1 N–H and O–H groups in total. The van der Waals surface area contributed by atoms with Crippen molar-refractivity contribution in [1.82, 2.24) is 0 Å².